The van der Waals surface area contributed by atoms with Crippen LogP contribution in [0.25, 0.3) is 0 Å². The number of fused-ring (bicyclic) bond motifs is 2. The number of hydrogen-bond donors (Lipinski definition) is 0. The zero-order chi connectivity index (χ0) is 16.0. The molecule has 0 aliphatic carbocycles. The van der Waals surface area contributed by atoms with Crippen LogP contribution in [0.1, 0.15) is 45.4 Å². The smallest absolute Gasteiger partial charge is 0.327 e. The number of carbonyl (C=O) groups excluding carboxylic acids is 3. The fourth-order valence-corrected chi connectivity index (χ4v) is 2.91. The van der Waals surface area contributed by atoms with E-state index >= 15 is 0 Å². The van der Waals surface area contributed by atoms with Crippen LogP contribution in [-0.2, 0) is 16.1 Å². The molecular weight excluding hydrogens is 300 g/mol. The third kappa shape index (κ3) is 2.02. The fraction of sp³-hybridized carbons (Fsp3) is 0.267. The van der Waals surface area contributed by atoms with Crippen LogP contribution in [0.5, 0.6) is 0 Å². The molecule has 2 aliphatic heterocycles. The highest BCUT2D eigenvalue weighted by Gasteiger charge is 2.40. The lowest BCUT2D eigenvalue weighted by Gasteiger charge is -2.23. The highest BCUT2D eigenvalue weighted by molar-refractivity contribution is 6.20. The molecule has 0 bridgehead atoms. The van der Waals surface area contributed by atoms with E-state index in [1.165, 1.54) is 23.1 Å². The van der Waals surface area contributed by atoms with Crippen LogP contribution in [0.15, 0.2) is 30.6 Å². The van der Waals surface area contributed by atoms with Gasteiger partial charge in [0.15, 0.2) is 6.04 Å². The maximum absolute atomic E-state index is 12.4. The standard InChI is InChI=1S/C15H12N4O4/c20-13-9-4-1-2-5-10(9)14(21)19(13)23-15(22)11-6-3-7-12-16-8-17-18(11)12/h1-2,4-5,8,11H,3,6-7H2. The Morgan fingerprint density at radius 2 is 1.87 bits per heavy atom. The lowest BCUT2D eigenvalue weighted by Crippen LogP contribution is -2.37. The molecule has 2 aromatic rings. The topological polar surface area (TPSA) is 94.4 Å². The number of carbonyl (C=O) groups is 3. The molecular formula is C15H12N4O4. The monoisotopic (exact) mass is 312 g/mol. The first-order valence-electron chi connectivity index (χ1n) is 7.25. The van der Waals surface area contributed by atoms with Crippen LogP contribution in [0, 0.1) is 0 Å². The Balaban J connectivity index is 1.57. The normalized spacial score (nSPS) is 19.5. The zero-order valence-corrected chi connectivity index (χ0v) is 12.0. The van der Waals surface area contributed by atoms with Crippen molar-refractivity contribution in [3.63, 3.8) is 0 Å². The number of rotatable bonds is 2. The highest BCUT2D eigenvalue weighted by atomic mass is 16.7. The summed E-state index contributed by atoms with van der Waals surface area (Å²) in [6.45, 7) is 0. The van der Waals surface area contributed by atoms with Crippen LogP contribution in [0.2, 0.25) is 0 Å². The number of imide groups is 1. The van der Waals surface area contributed by atoms with Crippen molar-refractivity contribution in [1.82, 2.24) is 19.8 Å². The van der Waals surface area contributed by atoms with E-state index < -0.39 is 23.8 Å². The molecule has 2 aliphatic rings. The third-order valence-corrected chi connectivity index (χ3v) is 4.03. The molecule has 1 aromatic heterocycles. The van der Waals surface area contributed by atoms with Crippen LogP contribution in [-0.4, -0.2) is 37.6 Å². The summed E-state index contributed by atoms with van der Waals surface area (Å²) in [5.74, 6) is -1.26. The number of hydroxylamine groups is 2. The summed E-state index contributed by atoms with van der Waals surface area (Å²) in [6.07, 6.45) is 3.40. The van der Waals surface area contributed by atoms with Crippen molar-refractivity contribution < 1.29 is 19.2 Å². The summed E-state index contributed by atoms with van der Waals surface area (Å²) in [6, 6.07) is 5.68. The molecule has 23 heavy (non-hydrogen) atoms. The van der Waals surface area contributed by atoms with Gasteiger partial charge >= 0.3 is 5.97 Å². The van der Waals surface area contributed by atoms with E-state index in [0.717, 1.165) is 12.8 Å². The Labute approximate surface area is 130 Å². The van der Waals surface area contributed by atoms with Gasteiger partial charge in [-0.1, -0.05) is 17.2 Å². The number of hydrogen-bond acceptors (Lipinski definition) is 6. The summed E-state index contributed by atoms with van der Waals surface area (Å²) < 4.78 is 1.49. The van der Waals surface area contributed by atoms with Gasteiger partial charge in [0.1, 0.15) is 12.2 Å². The highest BCUT2D eigenvalue weighted by Crippen LogP contribution is 2.27. The maximum atomic E-state index is 12.4. The Morgan fingerprint density at radius 1 is 1.17 bits per heavy atom. The SMILES string of the molecule is O=C(ON1C(=O)c2ccccc2C1=O)C1CCCc2ncnn21. The fourth-order valence-electron chi connectivity index (χ4n) is 2.91. The molecule has 8 heteroatoms. The van der Waals surface area contributed by atoms with Gasteiger partial charge in [-0.15, -0.1) is 0 Å². The van der Waals surface area contributed by atoms with Gasteiger partial charge in [-0.3, -0.25) is 9.59 Å². The van der Waals surface area contributed by atoms with Gasteiger partial charge in [0.05, 0.1) is 11.1 Å². The molecule has 0 saturated carbocycles. The summed E-state index contributed by atoms with van der Waals surface area (Å²) in [7, 11) is 0. The number of nitrogens with zero attached hydrogens (tertiary/aromatic N) is 4. The van der Waals surface area contributed by atoms with Gasteiger partial charge in [0.25, 0.3) is 11.8 Å². The van der Waals surface area contributed by atoms with Crippen LogP contribution < -0.4 is 0 Å². The Hall–Kier alpha value is -3.03. The molecule has 4 rings (SSSR count). The van der Waals surface area contributed by atoms with Gasteiger partial charge in [0.2, 0.25) is 0 Å². The van der Waals surface area contributed by atoms with Gasteiger partial charge in [-0.2, -0.15) is 5.10 Å². The Bertz CT molecular complexity index is 793. The van der Waals surface area contributed by atoms with Crippen LogP contribution in [0.3, 0.4) is 0 Å². The first kappa shape index (κ1) is 13.6. The molecule has 8 nitrogen and oxygen atoms in total. The number of aromatic nitrogens is 3. The lowest BCUT2D eigenvalue weighted by atomic mass is 10.1. The van der Waals surface area contributed by atoms with Gasteiger partial charge < -0.3 is 4.84 Å². The average molecular weight is 312 g/mol. The lowest BCUT2D eigenvalue weighted by molar-refractivity contribution is -0.173. The second kappa shape index (κ2) is 5.01. The molecule has 0 spiro atoms. The van der Waals surface area contributed by atoms with Gasteiger partial charge in [0, 0.05) is 6.42 Å². The second-order valence-electron chi connectivity index (χ2n) is 5.39. The van der Waals surface area contributed by atoms with Crippen molar-refractivity contribution in [2.45, 2.75) is 25.3 Å². The predicted octanol–water partition coefficient (Wildman–Crippen LogP) is 0.910. The molecule has 0 N–H and O–H groups in total. The van der Waals surface area contributed by atoms with Crippen molar-refractivity contribution in [3.05, 3.63) is 47.5 Å². The van der Waals surface area contributed by atoms with Gasteiger partial charge in [-0.05, 0) is 25.0 Å². The molecule has 0 saturated heterocycles. The molecule has 1 atom stereocenters. The van der Waals surface area contributed by atoms with E-state index in [9.17, 15) is 14.4 Å². The summed E-state index contributed by atoms with van der Waals surface area (Å²) >= 11 is 0. The van der Waals surface area contributed by atoms with E-state index in [2.05, 4.69) is 10.1 Å². The largest absolute Gasteiger partial charge is 0.357 e. The molecule has 0 radical (unpaired) electrons. The molecule has 116 valence electrons. The Morgan fingerprint density at radius 3 is 2.57 bits per heavy atom. The van der Waals surface area contributed by atoms with Crippen LogP contribution >= 0.6 is 0 Å². The van der Waals surface area contributed by atoms with Crippen molar-refractivity contribution in [2.24, 2.45) is 0 Å². The molecule has 1 aromatic carbocycles. The first-order valence-corrected chi connectivity index (χ1v) is 7.25. The maximum Gasteiger partial charge on any atom is 0.357 e. The van der Waals surface area contributed by atoms with Crippen molar-refractivity contribution in [2.75, 3.05) is 0 Å². The number of amides is 2. The summed E-state index contributed by atoms with van der Waals surface area (Å²) in [4.78, 5) is 46.0. The predicted molar refractivity (Wildman–Crippen MR) is 75.0 cm³/mol. The van der Waals surface area contributed by atoms with E-state index in [4.69, 9.17) is 4.84 Å². The summed E-state index contributed by atoms with van der Waals surface area (Å²) in [5, 5.41) is 4.55. The molecule has 0 fully saturated rings. The minimum Gasteiger partial charge on any atom is -0.327 e. The number of benzene rings is 1. The van der Waals surface area contributed by atoms with Crippen molar-refractivity contribution in [1.29, 1.82) is 0 Å². The van der Waals surface area contributed by atoms with Crippen molar-refractivity contribution >= 4 is 17.8 Å². The minimum atomic E-state index is -0.689. The van der Waals surface area contributed by atoms with E-state index in [-0.39, 0.29) is 11.1 Å². The summed E-state index contributed by atoms with van der Waals surface area (Å²) in [5.41, 5.74) is 0.464. The minimum absolute atomic E-state index is 0.232. The Kier molecular flexibility index (Phi) is 2.97. The second-order valence-corrected chi connectivity index (χ2v) is 5.39. The average Bonchev–Trinajstić information content (AvgIpc) is 3.14. The van der Waals surface area contributed by atoms with E-state index in [1.807, 2.05) is 0 Å². The van der Waals surface area contributed by atoms with Crippen molar-refractivity contribution in [3.8, 4) is 0 Å². The molecule has 2 amide bonds. The third-order valence-electron chi connectivity index (χ3n) is 4.03. The van der Waals surface area contributed by atoms with E-state index in [0.29, 0.717) is 17.3 Å². The zero-order valence-electron chi connectivity index (χ0n) is 12.0. The van der Waals surface area contributed by atoms with E-state index in [1.54, 1.807) is 12.1 Å². The van der Waals surface area contributed by atoms with Gasteiger partial charge in [-0.25, -0.2) is 14.5 Å². The quantitative estimate of drug-likeness (QED) is 0.765. The first-order chi connectivity index (χ1) is 11.2. The molecule has 1 unspecified atom stereocenters. The van der Waals surface area contributed by atoms with Crippen LogP contribution in [0.4, 0.5) is 0 Å². The molecule has 3 heterocycles. The number of aryl methyl sites for hydroxylation is 1.